The minimum absolute atomic E-state index is 0.0455. The number of aromatic nitrogens is 2. The Kier molecular flexibility index (Phi) is 4.39. The van der Waals surface area contributed by atoms with Crippen LogP contribution in [0, 0.1) is 0 Å². The third-order valence-corrected chi connectivity index (χ3v) is 6.06. The van der Waals surface area contributed by atoms with Crippen molar-refractivity contribution in [1.82, 2.24) is 9.78 Å². The number of hydrogen-bond acceptors (Lipinski definition) is 5. The van der Waals surface area contributed by atoms with Crippen LogP contribution in [0.5, 0.6) is 0 Å². The van der Waals surface area contributed by atoms with E-state index in [1.54, 1.807) is 0 Å². The van der Waals surface area contributed by atoms with Gasteiger partial charge in [-0.2, -0.15) is 5.10 Å². The predicted octanol–water partition coefficient (Wildman–Crippen LogP) is 1.47. The average molecular weight is 320 g/mol. The molecule has 0 aromatic carbocycles. The van der Waals surface area contributed by atoms with Crippen LogP contribution >= 0.6 is 11.6 Å². The Labute approximate surface area is 123 Å². The van der Waals surface area contributed by atoms with Crippen LogP contribution in [0.3, 0.4) is 0 Å². The normalized spacial score (nSPS) is 21.3. The van der Waals surface area contributed by atoms with Crippen LogP contribution in [0.2, 0.25) is 5.02 Å². The third kappa shape index (κ3) is 2.98. The molecule has 0 saturated carbocycles. The van der Waals surface area contributed by atoms with Crippen molar-refractivity contribution in [2.24, 2.45) is 0 Å². The van der Waals surface area contributed by atoms with Crippen LogP contribution in [0.4, 0.5) is 5.69 Å². The smallest absolute Gasteiger partial charge is 0.287 e. The van der Waals surface area contributed by atoms with Gasteiger partial charge in [0.05, 0.1) is 28.9 Å². The molecule has 0 amide bonds. The molecule has 6 nitrogen and oxygen atoms in total. The van der Waals surface area contributed by atoms with Crippen molar-refractivity contribution < 1.29 is 8.42 Å². The van der Waals surface area contributed by atoms with Gasteiger partial charge in [0.2, 0.25) is 0 Å². The lowest BCUT2D eigenvalue weighted by Gasteiger charge is -2.14. The number of rotatable bonds is 4. The van der Waals surface area contributed by atoms with Crippen molar-refractivity contribution in [2.45, 2.75) is 38.0 Å². The summed E-state index contributed by atoms with van der Waals surface area (Å²) in [6.07, 6.45) is 2.80. The Hall–Kier alpha value is -1.08. The SMILES string of the molecule is CC(C)n1ncc(NCC2CCCS2(=O)=O)c(Cl)c1=O. The van der Waals surface area contributed by atoms with E-state index in [-0.39, 0.29) is 28.9 Å². The van der Waals surface area contributed by atoms with Crippen LogP contribution in [-0.2, 0) is 9.84 Å². The first-order valence-electron chi connectivity index (χ1n) is 6.55. The van der Waals surface area contributed by atoms with Crippen molar-refractivity contribution in [3.05, 3.63) is 21.6 Å². The molecule has 0 radical (unpaired) electrons. The van der Waals surface area contributed by atoms with E-state index in [1.807, 2.05) is 13.8 Å². The van der Waals surface area contributed by atoms with Gasteiger partial charge in [0.25, 0.3) is 5.56 Å². The molecular weight excluding hydrogens is 302 g/mol. The first kappa shape index (κ1) is 15.3. The molecule has 8 heteroatoms. The molecule has 1 atom stereocenters. The van der Waals surface area contributed by atoms with Gasteiger partial charge in [0, 0.05) is 6.54 Å². The zero-order valence-electron chi connectivity index (χ0n) is 11.5. The molecule has 1 aliphatic rings. The van der Waals surface area contributed by atoms with Crippen molar-refractivity contribution in [1.29, 1.82) is 0 Å². The summed E-state index contributed by atoms with van der Waals surface area (Å²) in [6, 6.07) is -0.0794. The van der Waals surface area contributed by atoms with E-state index >= 15 is 0 Å². The maximum absolute atomic E-state index is 12.0. The van der Waals surface area contributed by atoms with Crippen molar-refractivity contribution in [3.63, 3.8) is 0 Å². The largest absolute Gasteiger partial charge is 0.381 e. The quantitative estimate of drug-likeness (QED) is 0.908. The number of anilines is 1. The molecule has 1 aromatic heterocycles. The van der Waals surface area contributed by atoms with Crippen LogP contribution in [-0.4, -0.2) is 35.7 Å². The Bertz CT molecular complexity index is 654. The third-order valence-electron chi connectivity index (χ3n) is 3.42. The van der Waals surface area contributed by atoms with Crippen LogP contribution in [0.25, 0.3) is 0 Å². The second kappa shape index (κ2) is 5.73. The van der Waals surface area contributed by atoms with Gasteiger partial charge in [-0.1, -0.05) is 11.6 Å². The van der Waals surface area contributed by atoms with Crippen LogP contribution in [0.15, 0.2) is 11.0 Å². The fraction of sp³-hybridized carbons (Fsp3) is 0.667. The minimum atomic E-state index is -3.01. The molecule has 1 N–H and O–H groups in total. The predicted molar refractivity (Wildman–Crippen MR) is 79.2 cm³/mol. The van der Waals surface area contributed by atoms with Gasteiger partial charge >= 0.3 is 0 Å². The highest BCUT2D eigenvalue weighted by Gasteiger charge is 2.31. The summed E-state index contributed by atoms with van der Waals surface area (Å²) < 4.78 is 24.7. The molecule has 2 heterocycles. The first-order valence-corrected chi connectivity index (χ1v) is 8.65. The molecule has 1 aromatic rings. The van der Waals surface area contributed by atoms with Crippen molar-refractivity contribution >= 4 is 27.1 Å². The summed E-state index contributed by atoms with van der Waals surface area (Å²) in [6.45, 7) is 3.93. The summed E-state index contributed by atoms with van der Waals surface area (Å²) in [5.74, 6) is 0.236. The summed E-state index contributed by atoms with van der Waals surface area (Å²) in [5.41, 5.74) is 0.0108. The lowest BCUT2D eigenvalue weighted by Crippen LogP contribution is -2.28. The molecule has 0 spiro atoms. The second-order valence-corrected chi connectivity index (χ2v) is 8.01. The maximum Gasteiger partial charge on any atom is 0.287 e. The van der Waals surface area contributed by atoms with E-state index < -0.39 is 15.1 Å². The van der Waals surface area contributed by atoms with Crippen molar-refractivity contribution in [3.8, 4) is 0 Å². The Balaban J connectivity index is 2.15. The standard InChI is InChI=1S/C12H18ClN3O3S/c1-8(2)16-12(17)11(13)10(7-15-16)14-6-9-4-3-5-20(9,18)19/h7-9,14H,3-6H2,1-2H3. The van der Waals surface area contributed by atoms with E-state index in [2.05, 4.69) is 10.4 Å². The molecular formula is C12H18ClN3O3S. The van der Waals surface area contributed by atoms with E-state index in [4.69, 9.17) is 11.6 Å². The van der Waals surface area contributed by atoms with E-state index in [1.165, 1.54) is 10.9 Å². The summed E-state index contributed by atoms with van der Waals surface area (Å²) in [5, 5.41) is 6.59. The molecule has 112 valence electrons. The van der Waals surface area contributed by atoms with E-state index in [0.29, 0.717) is 18.5 Å². The minimum Gasteiger partial charge on any atom is -0.381 e. The molecule has 1 saturated heterocycles. The van der Waals surface area contributed by atoms with Gasteiger partial charge in [-0.15, -0.1) is 0 Å². The lowest BCUT2D eigenvalue weighted by atomic mass is 10.2. The number of sulfone groups is 1. The summed E-state index contributed by atoms with van der Waals surface area (Å²) in [7, 11) is -3.01. The van der Waals surface area contributed by atoms with Gasteiger partial charge in [0.15, 0.2) is 9.84 Å². The van der Waals surface area contributed by atoms with Gasteiger partial charge in [0.1, 0.15) is 5.02 Å². The van der Waals surface area contributed by atoms with Crippen LogP contribution < -0.4 is 10.9 Å². The summed E-state index contributed by atoms with van der Waals surface area (Å²) >= 11 is 6.01. The maximum atomic E-state index is 12.0. The molecule has 2 rings (SSSR count). The zero-order chi connectivity index (χ0) is 14.9. The molecule has 1 fully saturated rings. The summed E-state index contributed by atoms with van der Waals surface area (Å²) in [4.78, 5) is 12.0. The lowest BCUT2D eigenvalue weighted by molar-refractivity contribution is 0.503. The topological polar surface area (TPSA) is 81.1 Å². The number of nitrogens with zero attached hydrogens (tertiary/aromatic N) is 2. The van der Waals surface area contributed by atoms with Gasteiger partial charge in [-0.05, 0) is 26.7 Å². The molecule has 1 aliphatic heterocycles. The fourth-order valence-electron chi connectivity index (χ4n) is 2.25. The van der Waals surface area contributed by atoms with Gasteiger partial charge in [-0.3, -0.25) is 4.79 Å². The molecule has 1 unspecified atom stereocenters. The molecule has 20 heavy (non-hydrogen) atoms. The van der Waals surface area contributed by atoms with E-state index in [0.717, 1.165) is 0 Å². The second-order valence-electron chi connectivity index (χ2n) is 5.23. The van der Waals surface area contributed by atoms with Crippen LogP contribution in [0.1, 0.15) is 32.7 Å². The Morgan fingerprint density at radius 2 is 2.25 bits per heavy atom. The first-order chi connectivity index (χ1) is 9.33. The Morgan fingerprint density at radius 1 is 1.55 bits per heavy atom. The number of hydrogen-bond donors (Lipinski definition) is 1. The number of nitrogens with one attached hydrogen (secondary N) is 1. The Morgan fingerprint density at radius 3 is 2.80 bits per heavy atom. The van der Waals surface area contributed by atoms with Gasteiger partial charge in [-0.25, -0.2) is 13.1 Å². The highest BCUT2D eigenvalue weighted by Crippen LogP contribution is 2.22. The van der Waals surface area contributed by atoms with E-state index in [9.17, 15) is 13.2 Å². The highest BCUT2D eigenvalue weighted by atomic mass is 35.5. The monoisotopic (exact) mass is 319 g/mol. The molecule has 0 aliphatic carbocycles. The molecule has 0 bridgehead atoms. The average Bonchev–Trinajstić information content (AvgIpc) is 2.70. The van der Waals surface area contributed by atoms with Gasteiger partial charge < -0.3 is 5.32 Å². The fourth-order valence-corrected chi connectivity index (χ4v) is 4.21. The zero-order valence-corrected chi connectivity index (χ0v) is 13.0. The van der Waals surface area contributed by atoms with Crippen molar-refractivity contribution in [2.75, 3.05) is 17.6 Å². The number of halogens is 1. The highest BCUT2D eigenvalue weighted by molar-refractivity contribution is 7.92.